The Morgan fingerprint density at radius 3 is 2.21 bits per heavy atom. The third kappa shape index (κ3) is 3.52. The molecule has 4 heteroatoms. The fourth-order valence-electron chi connectivity index (χ4n) is 5.03. The molecular weight excluding hydrogens is 368 g/mol. The number of fused-ring (bicyclic) bond motifs is 2. The Labute approximate surface area is 171 Å². The lowest BCUT2D eigenvalue weighted by Crippen LogP contribution is -2.52. The van der Waals surface area contributed by atoms with Crippen molar-refractivity contribution in [2.24, 2.45) is 0 Å². The van der Waals surface area contributed by atoms with E-state index >= 15 is 0 Å². The molecule has 0 spiro atoms. The summed E-state index contributed by atoms with van der Waals surface area (Å²) in [7, 11) is 0. The van der Waals surface area contributed by atoms with Crippen molar-refractivity contribution in [2.45, 2.75) is 79.4 Å². The number of benzene rings is 2. The first-order valence-electron chi connectivity index (χ1n) is 10.5. The van der Waals surface area contributed by atoms with Crippen molar-refractivity contribution in [1.29, 1.82) is 0 Å². The molecule has 2 aromatic carbocycles. The first-order chi connectivity index (χ1) is 13.7. The third-order valence-corrected chi connectivity index (χ3v) is 7.91. The van der Waals surface area contributed by atoms with Crippen molar-refractivity contribution in [3.8, 4) is 0 Å². The molecule has 2 aliphatic heterocycles. The molecule has 0 radical (unpaired) electrons. The van der Waals surface area contributed by atoms with E-state index in [1.165, 1.54) is 42.6 Å². The largest absolute Gasteiger partial charge is 0.323 e. The number of ether oxygens (including phenoxy) is 3. The van der Waals surface area contributed by atoms with Crippen LogP contribution >= 0.6 is 11.8 Å². The Hall–Kier alpha value is -1.33. The van der Waals surface area contributed by atoms with E-state index in [1.807, 2.05) is 24.8 Å². The van der Waals surface area contributed by atoms with Gasteiger partial charge in [-0.1, -0.05) is 67.8 Å². The standard InChI is InChI=1S/C24H28O3S/c1-23-25-20(22(27-23)18-11-5-2-6-12-18)17-21(26-23)24(15-9-4-10-16-24)28-19-13-7-3-8-14-19/h2-3,5-8,11-14,20-22H,4,9-10,15-17H2,1H3/t20-,21-,22-,23-/m0/s1. The van der Waals surface area contributed by atoms with Gasteiger partial charge in [-0.3, -0.25) is 0 Å². The molecule has 28 heavy (non-hydrogen) atoms. The minimum Gasteiger partial charge on any atom is -0.323 e. The molecule has 2 aromatic rings. The van der Waals surface area contributed by atoms with Gasteiger partial charge < -0.3 is 14.2 Å². The van der Waals surface area contributed by atoms with Gasteiger partial charge in [0.15, 0.2) is 0 Å². The summed E-state index contributed by atoms with van der Waals surface area (Å²) in [5, 5.41) is 0. The highest BCUT2D eigenvalue weighted by atomic mass is 32.2. The number of hydrogen-bond acceptors (Lipinski definition) is 4. The van der Waals surface area contributed by atoms with E-state index in [0.29, 0.717) is 0 Å². The van der Waals surface area contributed by atoms with E-state index in [1.54, 1.807) is 0 Å². The van der Waals surface area contributed by atoms with Crippen LogP contribution in [0.1, 0.15) is 57.1 Å². The molecule has 5 rings (SSSR count). The van der Waals surface area contributed by atoms with Crippen LogP contribution in [0.15, 0.2) is 65.6 Å². The van der Waals surface area contributed by atoms with Crippen LogP contribution in [-0.4, -0.2) is 22.9 Å². The Morgan fingerprint density at radius 1 is 0.821 bits per heavy atom. The minimum atomic E-state index is -0.949. The summed E-state index contributed by atoms with van der Waals surface area (Å²) >= 11 is 2.01. The van der Waals surface area contributed by atoms with Gasteiger partial charge in [-0.2, -0.15) is 0 Å². The van der Waals surface area contributed by atoms with Crippen molar-refractivity contribution in [3.05, 3.63) is 66.2 Å². The summed E-state index contributed by atoms with van der Waals surface area (Å²) in [6.07, 6.45) is 7.25. The zero-order chi connectivity index (χ0) is 19.0. The van der Waals surface area contributed by atoms with Gasteiger partial charge in [-0.05, 0) is 30.5 Å². The quantitative estimate of drug-likeness (QED) is 0.624. The predicted molar refractivity (Wildman–Crippen MR) is 111 cm³/mol. The molecule has 3 aliphatic rings. The van der Waals surface area contributed by atoms with Crippen molar-refractivity contribution in [2.75, 3.05) is 0 Å². The molecule has 2 bridgehead atoms. The van der Waals surface area contributed by atoms with Crippen LogP contribution in [0.5, 0.6) is 0 Å². The van der Waals surface area contributed by atoms with Gasteiger partial charge in [0.2, 0.25) is 0 Å². The molecule has 2 saturated heterocycles. The lowest BCUT2D eigenvalue weighted by molar-refractivity contribution is -0.369. The predicted octanol–water partition coefficient (Wildman–Crippen LogP) is 6.10. The van der Waals surface area contributed by atoms with Gasteiger partial charge in [0.1, 0.15) is 6.10 Å². The fraction of sp³-hybridized carbons (Fsp3) is 0.500. The van der Waals surface area contributed by atoms with E-state index in [0.717, 1.165) is 6.42 Å². The topological polar surface area (TPSA) is 27.7 Å². The van der Waals surface area contributed by atoms with Crippen LogP contribution in [0.2, 0.25) is 0 Å². The van der Waals surface area contributed by atoms with E-state index < -0.39 is 5.97 Å². The van der Waals surface area contributed by atoms with Crippen LogP contribution in [0.4, 0.5) is 0 Å². The molecule has 0 amide bonds. The zero-order valence-electron chi connectivity index (χ0n) is 16.4. The molecule has 148 valence electrons. The Kier molecular flexibility index (Phi) is 5.00. The fourth-order valence-corrected chi connectivity index (χ4v) is 6.56. The highest BCUT2D eigenvalue weighted by Crippen LogP contribution is 2.54. The van der Waals surface area contributed by atoms with Gasteiger partial charge in [0.05, 0.1) is 12.2 Å². The van der Waals surface area contributed by atoms with E-state index in [9.17, 15) is 0 Å². The number of rotatable bonds is 4. The Bertz CT molecular complexity index is 790. The average molecular weight is 397 g/mol. The third-order valence-electron chi connectivity index (χ3n) is 6.33. The Balaban J connectivity index is 1.43. The van der Waals surface area contributed by atoms with Crippen LogP contribution in [0, 0.1) is 0 Å². The zero-order valence-corrected chi connectivity index (χ0v) is 17.2. The maximum Gasteiger partial charge on any atom is 0.281 e. The molecular formula is C24H28O3S. The second kappa shape index (κ2) is 7.49. The van der Waals surface area contributed by atoms with Gasteiger partial charge in [0, 0.05) is 23.0 Å². The SMILES string of the molecule is C[C@]12O[C@@H](C[C@@H](C3(Sc4ccccc4)CCCCC3)O1)[C@H](c1ccccc1)O2. The first kappa shape index (κ1) is 18.7. The van der Waals surface area contributed by atoms with Crippen LogP contribution in [-0.2, 0) is 14.2 Å². The average Bonchev–Trinajstić information content (AvgIpc) is 2.98. The summed E-state index contributed by atoms with van der Waals surface area (Å²) in [5.41, 5.74) is 1.17. The summed E-state index contributed by atoms with van der Waals surface area (Å²) in [4.78, 5) is 1.33. The second-order valence-electron chi connectivity index (χ2n) is 8.35. The maximum absolute atomic E-state index is 6.57. The molecule has 0 unspecified atom stereocenters. The van der Waals surface area contributed by atoms with E-state index in [-0.39, 0.29) is 23.1 Å². The maximum atomic E-state index is 6.57. The van der Waals surface area contributed by atoms with Crippen molar-refractivity contribution in [1.82, 2.24) is 0 Å². The highest BCUT2D eigenvalue weighted by Gasteiger charge is 2.57. The second-order valence-corrected chi connectivity index (χ2v) is 9.84. The van der Waals surface area contributed by atoms with E-state index in [2.05, 4.69) is 54.6 Å². The molecule has 2 heterocycles. The summed E-state index contributed by atoms with van der Waals surface area (Å²) < 4.78 is 19.2. The Morgan fingerprint density at radius 2 is 1.50 bits per heavy atom. The highest BCUT2D eigenvalue weighted by molar-refractivity contribution is 8.00. The molecule has 0 N–H and O–H groups in total. The van der Waals surface area contributed by atoms with Gasteiger partial charge in [-0.15, -0.1) is 11.8 Å². The van der Waals surface area contributed by atoms with Gasteiger partial charge in [0.25, 0.3) is 5.97 Å². The number of hydrogen-bond donors (Lipinski definition) is 0. The van der Waals surface area contributed by atoms with Crippen LogP contribution in [0.3, 0.4) is 0 Å². The first-order valence-corrected chi connectivity index (χ1v) is 11.3. The summed E-state index contributed by atoms with van der Waals surface area (Å²) in [6, 6.07) is 21.2. The summed E-state index contributed by atoms with van der Waals surface area (Å²) in [5.74, 6) is -0.949. The number of thioether (sulfide) groups is 1. The molecule has 3 fully saturated rings. The van der Waals surface area contributed by atoms with Gasteiger partial charge in [-0.25, -0.2) is 0 Å². The van der Waals surface area contributed by atoms with E-state index in [4.69, 9.17) is 14.2 Å². The molecule has 4 atom stereocenters. The van der Waals surface area contributed by atoms with Crippen LogP contribution in [0.25, 0.3) is 0 Å². The minimum absolute atomic E-state index is 0.0429. The normalized spacial score (nSPS) is 34.2. The lowest BCUT2D eigenvalue weighted by Gasteiger charge is -2.47. The molecule has 3 nitrogen and oxygen atoms in total. The summed E-state index contributed by atoms with van der Waals surface area (Å²) in [6.45, 7) is 1.94. The molecule has 1 saturated carbocycles. The van der Waals surface area contributed by atoms with Crippen LogP contribution < -0.4 is 0 Å². The van der Waals surface area contributed by atoms with Crippen molar-refractivity contribution >= 4 is 11.8 Å². The van der Waals surface area contributed by atoms with Crippen molar-refractivity contribution < 1.29 is 14.2 Å². The smallest absolute Gasteiger partial charge is 0.281 e. The molecule has 0 aromatic heterocycles. The van der Waals surface area contributed by atoms with Crippen molar-refractivity contribution in [3.63, 3.8) is 0 Å². The van der Waals surface area contributed by atoms with Gasteiger partial charge >= 0.3 is 0 Å². The molecule has 1 aliphatic carbocycles. The lowest BCUT2D eigenvalue weighted by atomic mass is 9.81. The monoisotopic (exact) mass is 396 g/mol.